The number of aromatic nitrogens is 2. The summed E-state index contributed by atoms with van der Waals surface area (Å²) in [6, 6.07) is 5.13. The number of aryl methyl sites for hydroxylation is 2. The number of morpholine rings is 1. The molecule has 1 saturated heterocycles. The SMILES string of the molecule is COC(=O)c1cc(-c2c(C)noc2C)cc2c1[nH]c1cc(C(F)(F)F)cc(C(=O)N3CC(C)OC(C)C3)c12. The van der Waals surface area contributed by atoms with Crippen LogP contribution in [0.15, 0.2) is 28.8 Å². The predicted octanol–water partition coefficient (Wildman–Crippen LogP) is 5.65. The third-order valence-electron chi connectivity index (χ3n) is 6.80. The van der Waals surface area contributed by atoms with E-state index in [1.165, 1.54) is 12.0 Å². The van der Waals surface area contributed by atoms with E-state index < -0.39 is 23.6 Å². The monoisotopic (exact) mass is 529 g/mol. The van der Waals surface area contributed by atoms with Crippen molar-refractivity contribution in [2.24, 2.45) is 0 Å². The first-order valence-corrected chi connectivity index (χ1v) is 12.1. The highest BCUT2D eigenvalue weighted by Gasteiger charge is 2.35. The number of ether oxygens (including phenoxy) is 2. The number of methoxy groups -OCH3 is 1. The number of hydrogen-bond acceptors (Lipinski definition) is 6. The molecule has 2 unspecified atom stereocenters. The zero-order chi connectivity index (χ0) is 27.5. The van der Waals surface area contributed by atoms with Gasteiger partial charge in [-0.05, 0) is 57.5 Å². The summed E-state index contributed by atoms with van der Waals surface area (Å²) in [6.45, 7) is 7.55. The Labute approximate surface area is 215 Å². The summed E-state index contributed by atoms with van der Waals surface area (Å²) in [4.78, 5) is 31.1. The molecule has 1 amide bonds. The molecule has 8 nitrogen and oxygen atoms in total. The summed E-state index contributed by atoms with van der Waals surface area (Å²) in [7, 11) is 1.22. The molecule has 0 saturated carbocycles. The van der Waals surface area contributed by atoms with Crippen LogP contribution in [0, 0.1) is 13.8 Å². The Morgan fingerprint density at radius 1 is 1.08 bits per heavy atom. The summed E-state index contributed by atoms with van der Waals surface area (Å²) in [5.41, 5.74) is 1.13. The molecule has 4 aromatic rings. The van der Waals surface area contributed by atoms with Crippen LogP contribution in [-0.4, -0.2) is 59.3 Å². The topological polar surface area (TPSA) is 97.7 Å². The number of hydrogen-bond donors (Lipinski definition) is 1. The maximum absolute atomic E-state index is 13.9. The lowest BCUT2D eigenvalue weighted by molar-refractivity contribution is -0.137. The smallest absolute Gasteiger partial charge is 0.416 e. The standard InChI is InChI=1S/C27H26F3N3O5/c1-12-10-33(11-13(2)37-12)25(34)19-8-17(27(28,29)30)9-21-23(19)18-6-16(22-14(3)32-38-15(22)4)7-20(24(18)31-21)26(35)36-5/h6-9,12-13,31H,10-11H2,1-5H3. The van der Waals surface area contributed by atoms with Gasteiger partial charge in [-0.1, -0.05) is 5.16 Å². The number of halogens is 3. The molecule has 2 atom stereocenters. The van der Waals surface area contributed by atoms with Gasteiger partial charge < -0.3 is 23.9 Å². The van der Waals surface area contributed by atoms with Crippen molar-refractivity contribution >= 4 is 33.7 Å². The molecule has 0 spiro atoms. The van der Waals surface area contributed by atoms with Crippen LogP contribution in [0.1, 0.15) is 51.6 Å². The number of aromatic amines is 1. The van der Waals surface area contributed by atoms with Crippen LogP contribution in [0.2, 0.25) is 0 Å². The Morgan fingerprint density at radius 3 is 2.34 bits per heavy atom. The Kier molecular flexibility index (Phi) is 6.21. The first kappa shape index (κ1) is 25.8. The van der Waals surface area contributed by atoms with Crippen LogP contribution in [0.25, 0.3) is 32.9 Å². The molecule has 1 aliphatic heterocycles. The van der Waals surface area contributed by atoms with Gasteiger partial charge in [0, 0.05) is 34.9 Å². The minimum Gasteiger partial charge on any atom is -0.465 e. The van der Waals surface area contributed by atoms with Crippen LogP contribution >= 0.6 is 0 Å². The van der Waals surface area contributed by atoms with Crippen molar-refractivity contribution in [2.45, 2.75) is 46.1 Å². The van der Waals surface area contributed by atoms with E-state index in [2.05, 4.69) is 10.1 Å². The third-order valence-corrected chi connectivity index (χ3v) is 6.80. The number of benzene rings is 2. The van der Waals surface area contributed by atoms with E-state index in [0.29, 0.717) is 28.0 Å². The quantitative estimate of drug-likeness (QED) is 0.345. The summed E-state index contributed by atoms with van der Waals surface area (Å²) in [5, 5.41) is 4.67. The highest BCUT2D eigenvalue weighted by molar-refractivity contribution is 6.21. The number of carbonyl (C=O) groups excluding carboxylic acids is 2. The molecule has 200 valence electrons. The number of amides is 1. The molecule has 0 bridgehead atoms. The normalized spacial score (nSPS) is 18.4. The Hall–Kier alpha value is -3.86. The van der Waals surface area contributed by atoms with E-state index in [9.17, 15) is 22.8 Å². The fourth-order valence-electron chi connectivity index (χ4n) is 5.30. The molecule has 1 fully saturated rings. The van der Waals surface area contributed by atoms with Crippen LogP contribution in [0.4, 0.5) is 13.2 Å². The molecule has 2 aromatic carbocycles. The largest absolute Gasteiger partial charge is 0.465 e. The number of nitrogens with zero attached hydrogens (tertiary/aromatic N) is 2. The Bertz CT molecular complexity index is 1560. The van der Waals surface area contributed by atoms with Crippen LogP contribution in [0.3, 0.4) is 0 Å². The number of carbonyl (C=O) groups is 2. The van der Waals surface area contributed by atoms with Crippen molar-refractivity contribution in [1.82, 2.24) is 15.0 Å². The fraction of sp³-hybridized carbons (Fsp3) is 0.370. The lowest BCUT2D eigenvalue weighted by Gasteiger charge is -2.35. The highest BCUT2D eigenvalue weighted by atomic mass is 19.4. The van der Waals surface area contributed by atoms with Gasteiger partial charge >= 0.3 is 12.1 Å². The molecule has 5 rings (SSSR count). The minimum absolute atomic E-state index is 0.0774. The van der Waals surface area contributed by atoms with Gasteiger partial charge in [0.25, 0.3) is 5.91 Å². The molecule has 11 heteroatoms. The second-order valence-electron chi connectivity index (χ2n) is 9.67. The fourth-order valence-corrected chi connectivity index (χ4v) is 5.30. The van der Waals surface area contributed by atoms with E-state index >= 15 is 0 Å². The molecule has 0 radical (unpaired) electrons. The molecule has 1 N–H and O–H groups in total. The number of esters is 1. The average Bonchev–Trinajstić information content (AvgIpc) is 3.39. The van der Waals surface area contributed by atoms with Crippen molar-refractivity contribution < 1.29 is 36.8 Å². The number of fused-ring (bicyclic) bond motifs is 3. The maximum atomic E-state index is 13.9. The molecule has 3 heterocycles. The second-order valence-corrected chi connectivity index (χ2v) is 9.67. The summed E-state index contributed by atoms with van der Waals surface area (Å²) in [5.74, 6) is -0.731. The number of alkyl halides is 3. The number of rotatable bonds is 3. The van der Waals surface area contributed by atoms with Crippen molar-refractivity contribution in [1.29, 1.82) is 0 Å². The van der Waals surface area contributed by atoms with Gasteiger partial charge in [0.05, 0.1) is 47.2 Å². The van der Waals surface area contributed by atoms with Crippen molar-refractivity contribution in [3.8, 4) is 11.1 Å². The van der Waals surface area contributed by atoms with Crippen LogP contribution in [0.5, 0.6) is 0 Å². The minimum atomic E-state index is -4.70. The second kappa shape index (κ2) is 9.16. The first-order valence-electron chi connectivity index (χ1n) is 12.1. The Morgan fingerprint density at radius 2 is 1.76 bits per heavy atom. The van der Waals surface area contributed by atoms with Crippen molar-refractivity contribution in [2.75, 3.05) is 20.2 Å². The van der Waals surface area contributed by atoms with Crippen LogP contribution < -0.4 is 0 Å². The average molecular weight is 530 g/mol. The van der Waals surface area contributed by atoms with Gasteiger partial charge in [0.2, 0.25) is 0 Å². The van der Waals surface area contributed by atoms with Gasteiger partial charge in [0.1, 0.15) is 5.76 Å². The van der Waals surface area contributed by atoms with Gasteiger partial charge in [-0.15, -0.1) is 0 Å². The number of H-pyrrole nitrogens is 1. The first-order chi connectivity index (χ1) is 17.9. The predicted molar refractivity (Wildman–Crippen MR) is 133 cm³/mol. The lowest BCUT2D eigenvalue weighted by Crippen LogP contribution is -2.48. The van der Waals surface area contributed by atoms with E-state index in [4.69, 9.17) is 14.0 Å². The third kappa shape index (κ3) is 4.30. The molecular formula is C27H26F3N3O5. The zero-order valence-electron chi connectivity index (χ0n) is 21.4. The van der Waals surface area contributed by atoms with Gasteiger partial charge in [0.15, 0.2) is 0 Å². The molecule has 38 heavy (non-hydrogen) atoms. The van der Waals surface area contributed by atoms with Crippen LogP contribution in [-0.2, 0) is 15.7 Å². The van der Waals surface area contributed by atoms with Gasteiger partial charge in [-0.2, -0.15) is 13.2 Å². The molecule has 2 aromatic heterocycles. The Balaban J connectivity index is 1.85. The summed E-state index contributed by atoms with van der Waals surface area (Å²) in [6.07, 6.45) is -5.24. The zero-order valence-corrected chi connectivity index (χ0v) is 21.4. The van der Waals surface area contributed by atoms with E-state index in [-0.39, 0.29) is 52.8 Å². The van der Waals surface area contributed by atoms with Gasteiger partial charge in [-0.25, -0.2) is 4.79 Å². The molecule has 1 aliphatic rings. The summed E-state index contributed by atoms with van der Waals surface area (Å²) >= 11 is 0. The molecular weight excluding hydrogens is 503 g/mol. The lowest BCUT2D eigenvalue weighted by atomic mass is 9.95. The van der Waals surface area contributed by atoms with Crippen molar-refractivity contribution in [3.05, 3.63) is 52.4 Å². The highest BCUT2D eigenvalue weighted by Crippen LogP contribution is 2.40. The van der Waals surface area contributed by atoms with E-state index in [1.807, 2.05) is 13.8 Å². The van der Waals surface area contributed by atoms with E-state index in [1.54, 1.807) is 26.0 Å². The number of nitrogens with one attached hydrogen (secondary N) is 1. The van der Waals surface area contributed by atoms with Crippen molar-refractivity contribution in [3.63, 3.8) is 0 Å². The van der Waals surface area contributed by atoms with Gasteiger partial charge in [-0.3, -0.25) is 4.79 Å². The summed E-state index contributed by atoms with van der Waals surface area (Å²) < 4.78 is 57.8. The maximum Gasteiger partial charge on any atom is 0.416 e. The molecule has 0 aliphatic carbocycles. The van der Waals surface area contributed by atoms with E-state index in [0.717, 1.165) is 12.1 Å².